The maximum absolute atomic E-state index is 13.6. The molecule has 1 N–H and O–H groups in total. The number of carbonyl (C=O) groups excluding carboxylic acids is 3. The first-order valence-corrected chi connectivity index (χ1v) is 9.74. The molecule has 30 heavy (non-hydrogen) atoms. The highest BCUT2D eigenvalue weighted by Crippen LogP contribution is 2.24. The Kier molecular flexibility index (Phi) is 7.00. The van der Waals surface area contributed by atoms with Crippen molar-refractivity contribution in [2.75, 3.05) is 41.9 Å². The van der Waals surface area contributed by atoms with Crippen LogP contribution in [-0.4, -0.2) is 44.5 Å². The number of nitrogens with zero attached hydrogens (tertiary/aromatic N) is 2. The lowest BCUT2D eigenvalue weighted by Crippen LogP contribution is -2.35. The molecular formula is C22H24FN3O4. The van der Waals surface area contributed by atoms with Gasteiger partial charge in [-0.3, -0.25) is 14.4 Å². The average molecular weight is 413 g/mol. The van der Waals surface area contributed by atoms with Crippen molar-refractivity contribution >= 4 is 34.8 Å². The second-order valence-corrected chi connectivity index (χ2v) is 6.97. The van der Waals surface area contributed by atoms with Crippen LogP contribution in [0.1, 0.15) is 19.3 Å². The summed E-state index contributed by atoms with van der Waals surface area (Å²) in [6, 6.07) is 12.9. The zero-order chi connectivity index (χ0) is 21.5. The Labute approximate surface area is 174 Å². The predicted molar refractivity (Wildman–Crippen MR) is 112 cm³/mol. The Hall–Kier alpha value is -3.42. The first-order valence-electron chi connectivity index (χ1n) is 9.74. The van der Waals surface area contributed by atoms with Crippen molar-refractivity contribution in [1.82, 2.24) is 0 Å². The molecule has 0 radical (unpaired) electrons. The molecule has 8 heteroatoms. The molecule has 7 nitrogen and oxygen atoms in total. The van der Waals surface area contributed by atoms with Crippen molar-refractivity contribution < 1.29 is 23.5 Å². The van der Waals surface area contributed by atoms with Gasteiger partial charge < -0.3 is 19.9 Å². The number of benzene rings is 2. The minimum atomic E-state index is -0.432. The third-order valence-electron chi connectivity index (χ3n) is 4.84. The van der Waals surface area contributed by atoms with Gasteiger partial charge in [0.2, 0.25) is 11.8 Å². The van der Waals surface area contributed by atoms with Crippen LogP contribution in [0.4, 0.5) is 21.5 Å². The van der Waals surface area contributed by atoms with Crippen LogP contribution in [0.25, 0.3) is 0 Å². The molecule has 2 aromatic carbocycles. The highest BCUT2D eigenvalue weighted by molar-refractivity contribution is 5.98. The van der Waals surface area contributed by atoms with E-state index in [2.05, 4.69) is 10.1 Å². The van der Waals surface area contributed by atoms with Crippen molar-refractivity contribution in [2.24, 2.45) is 0 Å². The van der Waals surface area contributed by atoms with Crippen molar-refractivity contribution in [3.63, 3.8) is 0 Å². The van der Waals surface area contributed by atoms with Gasteiger partial charge in [0.05, 0.1) is 20.1 Å². The Bertz CT molecular complexity index is 934. The summed E-state index contributed by atoms with van der Waals surface area (Å²) >= 11 is 0. The molecule has 1 saturated heterocycles. The highest BCUT2D eigenvalue weighted by Gasteiger charge is 2.22. The maximum Gasteiger partial charge on any atom is 0.307 e. The Morgan fingerprint density at radius 1 is 1.20 bits per heavy atom. The third kappa shape index (κ3) is 5.56. The van der Waals surface area contributed by atoms with Crippen LogP contribution in [0.3, 0.4) is 0 Å². The number of anilines is 3. The molecular weight excluding hydrogens is 389 g/mol. The molecule has 2 amide bonds. The van der Waals surface area contributed by atoms with Crippen molar-refractivity contribution in [3.8, 4) is 0 Å². The van der Waals surface area contributed by atoms with E-state index in [9.17, 15) is 18.8 Å². The van der Waals surface area contributed by atoms with E-state index in [1.807, 2.05) is 6.07 Å². The molecule has 158 valence electrons. The molecule has 0 aliphatic carbocycles. The van der Waals surface area contributed by atoms with Crippen LogP contribution in [0.2, 0.25) is 0 Å². The first kappa shape index (κ1) is 21.3. The Morgan fingerprint density at radius 3 is 2.70 bits per heavy atom. The van der Waals surface area contributed by atoms with E-state index in [-0.39, 0.29) is 31.3 Å². The summed E-state index contributed by atoms with van der Waals surface area (Å²) in [5.41, 5.74) is 1.79. The van der Waals surface area contributed by atoms with Gasteiger partial charge in [0, 0.05) is 36.6 Å². The number of esters is 1. The molecule has 1 aliphatic rings. The molecule has 0 bridgehead atoms. The summed E-state index contributed by atoms with van der Waals surface area (Å²) in [7, 11) is 1.29. The molecule has 0 aromatic heterocycles. The highest BCUT2D eigenvalue weighted by atomic mass is 19.1. The number of hydrogen-bond acceptors (Lipinski definition) is 5. The fourth-order valence-electron chi connectivity index (χ4n) is 3.35. The number of nitrogens with one attached hydrogen (secondary N) is 1. The molecule has 2 aromatic rings. The second kappa shape index (κ2) is 9.87. The lowest BCUT2D eigenvalue weighted by molar-refractivity contribution is -0.140. The molecule has 1 fully saturated rings. The summed E-state index contributed by atoms with van der Waals surface area (Å²) in [6.07, 6.45) is 1.41. The standard InChI is InChI=1S/C22H24FN3O4/c1-30-22(29)10-12-25(18-7-2-5-16(23)13-18)15-20(27)24-17-6-3-8-19(14-17)26-11-4-9-21(26)28/h2-3,5-8,13-14H,4,9-12,15H2,1H3,(H,24,27). The van der Waals surface area contributed by atoms with E-state index in [1.54, 1.807) is 40.1 Å². The van der Waals surface area contributed by atoms with Gasteiger partial charge >= 0.3 is 5.97 Å². The summed E-state index contributed by atoms with van der Waals surface area (Å²) in [5, 5.41) is 2.81. The predicted octanol–water partition coefficient (Wildman–Crippen LogP) is 2.96. The van der Waals surface area contributed by atoms with E-state index >= 15 is 0 Å². The van der Waals surface area contributed by atoms with Crippen LogP contribution in [0.15, 0.2) is 48.5 Å². The van der Waals surface area contributed by atoms with Gasteiger partial charge in [-0.25, -0.2) is 4.39 Å². The lowest BCUT2D eigenvalue weighted by Gasteiger charge is -2.24. The number of ether oxygens (including phenoxy) is 1. The molecule has 1 aliphatic heterocycles. The largest absolute Gasteiger partial charge is 0.469 e. The maximum atomic E-state index is 13.6. The number of rotatable bonds is 8. The molecule has 1 heterocycles. The van der Waals surface area contributed by atoms with E-state index in [4.69, 9.17) is 0 Å². The smallest absolute Gasteiger partial charge is 0.307 e. The summed E-state index contributed by atoms with van der Waals surface area (Å²) < 4.78 is 18.3. The van der Waals surface area contributed by atoms with Gasteiger partial charge in [0.15, 0.2) is 0 Å². The second-order valence-electron chi connectivity index (χ2n) is 6.97. The average Bonchev–Trinajstić information content (AvgIpc) is 3.17. The lowest BCUT2D eigenvalue weighted by atomic mass is 10.2. The fourth-order valence-corrected chi connectivity index (χ4v) is 3.35. The van der Waals surface area contributed by atoms with Gasteiger partial charge in [-0.05, 0) is 42.8 Å². The van der Waals surface area contributed by atoms with Crippen LogP contribution in [0, 0.1) is 5.82 Å². The van der Waals surface area contributed by atoms with Gasteiger partial charge in [-0.1, -0.05) is 12.1 Å². The van der Waals surface area contributed by atoms with Gasteiger partial charge in [0.1, 0.15) is 5.82 Å². The van der Waals surface area contributed by atoms with Crippen molar-refractivity contribution in [2.45, 2.75) is 19.3 Å². The molecule has 3 rings (SSSR count). The molecule has 0 atom stereocenters. The van der Waals surface area contributed by atoms with Gasteiger partial charge in [-0.2, -0.15) is 0 Å². The number of hydrogen-bond donors (Lipinski definition) is 1. The van der Waals surface area contributed by atoms with Crippen LogP contribution in [-0.2, 0) is 19.1 Å². The molecule has 0 saturated carbocycles. The minimum Gasteiger partial charge on any atom is -0.469 e. The van der Waals surface area contributed by atoms with Gasteiger partial charge in [0.25, 0.3) is 0 Å². The van der Waals surface area contributed by atoms with E-state index in [0.29, 0.717) is 24.3 Å². The van der Waals surface area contributed by atoms with Crippen LogP contribution in [0.5, 0.6) is 0 Å². The van der Waals surface area contributed by atoms with E-state index < -0.39 is 11.8 Å². The first-order chi connectivity index (χ1) is 14.5. The van der Waals surface area contributed by atoms with E-state index in [0.717, 1.165) is 12.1 Å². The number of halogens is 1. The van der Waals surface area contributed by atoms with Crippen molar-refractivity contribution in [1.29, 1.82) is 0 Å². The van der Waals surface area contributed by atoms with Crippen molar-refractivity contribution in [3.05, 3.63) is 54.3 Å². The number of amides is 2. The topological polar surface area (TPSA) is 79.0 Å². The third-order valence-corrected chi connectivity index (χ3v) is 4.84. The zero-order valence-corrected chi connectivity index (χ0v) is 16.8. The minimum absolute atomic E-state index is 0.0624. The molecule has 0 unspecified atom stereocenters. The summed E-state index contributed by atoms with van der Waals surface area (Å²) in [6.45, 7) is 0.788. The Balaban J connectivity index is 1.69. The van der Waals surface area contributed by atoms with Gasteiger partial charge in [-0.15, -0.1) is 0 Å². The molecule has 0 spiro atoms. The monoisotopic (exact) mass is 413 g/mol. The SMILES string of the molecule is COC(=O)CCN(CC(=O)Nc1cccc(N2CCCC2=O)c1)c1cccc(F)c1. The summed E-state index contributed by atoms with van der Waals surface area (Å²) in [5.74, 6) is -1.11. The summed E-state index contributed by atoms with van der Waals surface area (Å²) in [4.78, 5) is 39.4. The fraction of sp³-hybridized carbons (Fsp3) is 0.318. The van der Waals surface area contributed by atoms with Crippen LogP contribution >= 0.6 is 0 Å². The number of carbonyl (C=O) groups is 3. The van der Waals surface area contributed by atoms with E-state index in [1.165, 1.54) is 19.2 Å². The number of methoxy groups -OCH3 is 1. The van der Waals surface area contributed by atoms with Crippen LogP contribution < -0.4 is 15.1 Å². The zero-order valence-electron chi connectivity index (χ0n) is 16.8. The quantitative estimate of drug-likeness (QED) is 0.673. The normalized spacial score (nSPS) is 13.3. The Morgan fingerprint density at radius 2 is 2.00 bits per heavy atom.